The summed E-state index contributed by atoms with van der Waals surface area (Å²) in [7, 11) is 0. The van der Waals surface area contributed by atoms with E-state index in [0.717, 1.165) is 0 Å². The second-order valence-electron chi connectivity index (χ2n) is 6.42. The zero-order chi connectivity index (χ0) is 21.7. The van der Waals surface area contributed by atoms with E-state index in [4.69, 9.17) is 11.6 Å². The molecule has 2 amide bonds. The third-order valence-electron chi connectivity index (χ3n) is 4.15. The lowest BCUT2D eigenvalue weighted by molar-refractivity contribution is -0.384. The fraction of sp³-hybridized carbons (Fsp3) is 0.150. The first-order valence-corrected chi connectivity index (χ1v) is 9.36. The van der Waals surface area contributed by atoms with E-state index < -0.39 is 4.92 Å². The summed E-state index contributed by atoms with van der Waals surface area (Å²) in [5, 5.41) is 21.1. The maximum absolute atomic E-state index is 12.3. The molecule has 3 rings (SSSR count). The Labute approximate surface area is 176 Å². The third-order valence-corrected chi connectivity index (χ3v) is 4.40. The number of amides is 2. The van der Waals surface area contributed by atoms with Crippen LogP contribution in [0.1, 0.15) is 22.5 Å². The molecule has 154 valence electrons. The maximum atomic E-state index is 12.3. The van der Waals surface area contributed by atoms with Crippen LogP contribution in [-0.2, 0) is 4.79 Å². The molecule has 2 N–H and O–H groups in total. The molecule has 30 heavy (non-hydrogen) atoms. The van der Waals surface area contributed by atoms with Gasteiger partial charge in [0.2, 0.25) is 5.91 Å². The van der Waals surface area contributed by atoms with Crippen LogP contribution in [-0.4, -0.2) is 33.1 Å². The lowest BCUT2D eigenvalue weighted by Gasteiger charge is -2.09. The minimum Gasteiger partial charge on any atom is -0.352 e. The van der Waals surface area contributed by atoms with Gasteiger partial charge in [0.1, 0.15) is 5.82 Å². The van der Waals surface area contributed by atoms with Crippen LogP contribution in [0.3, 0.4) is 0 Å². The number of halogens is 1. The van der Waals surface area contributed by atoms with E-state index in [1.807, 2.05) is 0 Å². The van der Waals surface area contributed by atoms with Crippen LogP contribution in [0, 0.1) is 17.0 Å². The molecule has 9 nitrogen and oxygen atoms in total. The highest BCUT2D eigenvalue weighted by atomic mass is 35.5. The summed E-state index contributed by atoms with van der Waals surface area (Å²) >= 11 is 5.80. The van der Waals surface area contributed by atoms with E-state index in [-0.39, 0.29) is 30.5 Å². The molecule has 1 heterocycles. The van der Waals surface area contributed by atoms with E-state index in [9.17, 15) is 19.7 Å². The number of non-ortho nitro benzene ring substituents is 1. The smallest absolute Gasteiger partial charge is 0.269 e. The molecule has 0 unspecified atom stereocenters. The number of carbonyl (C=O) groups is 2. The zero-order valence-corrected chi connectivity index (χ0v) is 16.7. The first-order valence-electron chi connectivity index (χ1n) is 8.98. The Morgan fingerprint density at radius 3 is 2.43 bits per heavy atom. The lowest BCUT2D eigenvalue weighted by atomic mass is 10.2. The number of aromatic nitrogens is 2. The molecule has 0 aliphatic carbocycles. The molecule has 0 saturated heterocycles. The SMILES string of the molecule is Cc1cc(NC(=O)CCNC(=O)c2ccc(Cl)cc2)n(-c2ccc([N+](=O)[O-])cc2)n1. The number of aryl methyl sites for hydroxylation is 1. The second-order valence-corrected chi connectivity index (χ2v) is 6.85. The maximum Gasteiger partial charge on any atom is 0.269 e. The molecular formula is C20H18ClN5O4. The number of anilines is 1. The minimum absolute atomic E-state index is 0.0374. The molecule has 0 aliphatic heterocycles. The number of nitrogens with zero attached hydrogens (tertiary/aromatic N) is 3. The number of hydrogen-bond donors (Lipinski definition) is 2. The van der Waals surface area contributed by atoms with Gasteiger partial charge in [-0.15, -0.1) is 0 Å². The lowest BCUT2D eigenvalue weighted by Crippen LogP contribution is -2.28. The zero-order valence-electron chi connectivity index (χ0n) is 16.0. The molecule has 0 radical (unpaired) electrons. The fourth-order valence-corrected chi connectivity index (χ4v) is 2.83. The average molecular weight is 428 g/mol. The Morgan fingerprint density at radius 2 is 1.80 bits per heavy atom. The van der Waals surface area contributed by atoms with Gasteiger partial charge < -0.3 is 10.6 Å². The van der Waals surface area contributed by atoms with Crippen LogP contribution in [0.4, 0.5) is 11.5 Å². The first kappa shape index (κ1) is 21.0. The molecule has 3 aromatic rings. The van der Waals surface area contributed by atoms with Gasteiger partial charge in [-0.25, -0.2) is 4.68 Å². The van der Waals surface area contributed by atoms with Crippen LogP contribution in [0.15, 0.2) is 54.6 Å². The van der Waals surface area contributed by atoms with E-state index in [2.05, 4.69) is 15.7 Å². The van der Waals surface area contributed by atoms with E-state index in [1.165, 1.54) is 16.8 Å². The summed E-state index contributed by atoms with van der Waals surface area (Å²) in [6.07, 6.45) is 0.0593. The number of rotatable bonds is 7. The van der Waals surface area contributed by atoms with Crippen molar-refractivity contribution in [2.75, 3.05) is 11.9 Å². The predicted molar refractivity (Wildman–Crippen MR) is 112 cm³/mol. The average Bonchev–Trinajstić information content (AvgIpc) is 3.08. The number of nitrogens with one attached hydrogen (secondary N) is 2. The summed E-state index contributed by atoms with van der Waals surface area (Å²) in [5.41, 5.74) is 1.65. The molecule has 1 aromatic heterocycles. The van der Waals surface area contributed by atoms with Gasteiger partial charge in [0.15, 0.2) is 0 Å². The van der Waals surface area contributed by atoms with Crippen molar-refractivity contribution in [3.63, 3.8) is 0 Å². The third kappa shape index (κ3) is 5.21. The quantitative estimate of drug-likeness (QED) is 0.441. The van der Waals surface area contributed by atoms with E-state index >= 15 is 0 Å². The van der Waals surface area contributed by atoms with Crippen LogP contribution in [0.2, 0.25) is 5.02 Å². The second kappa shape index (κ2) is 9.19. The molecule has 0 saturated carbocycles. The molecule has 0 spiro atoms. The number of carbonyl (C=O) groups excluding carboxylic acids is 2. The highest BCUT2D eigenvalue weighted by Gasteiger charge is 2.13. The van der Waals surface area contributed by atoms with Crippen LogP contribution >= 0.6 is 11.6 Å². The molecule has 0 aliphatic rings. The summed E-state index contributed by atoms with van der Waals surface area (Å²) in [5.74, 6) is -0.184. The van der Waals surface area contributed by atoms with Crippen molar-refractivity contribution in [3.8, 4) is 5.69 Å². The normalized spacial score (nSPS) is 10.5. The first-order chi connectivity index (χ1) is 14.3. The van der Waals surface area contributed by atoms with Crippen LogP contribution < -0.4 is 10.6 Å². The Morgan fingerprint density at radius 1 is 1.13 bits per heavy atom. The van der Waals surface area contributed by atoms with Gasteiger partial charge in [0, 0.05) is 41.8 Å². The van der Waals surface area contributed by atoms with E-state index in [1.54, 1.807) is 49.4 Å². The molecule has 10 heteroatoms. The van der Waals surface area contributed by atoms with Crippen molar-refractivity contribution >= 4 is 34.9 Å². The summed E-state index contributed by atoms with van der Waals surface area (Å²) in [6.45, 7) is 1.92. The Balaban J connectivity index is 1.59. The monoisotopic (exact) mass is 427 g/mol. The van der Waals surface area contributed by atoms with Crippen LogP contribution in [0.5, 0.6) is 0 Å². The van der Waals surface area contributed by atoms with Gasteiger partial charge in [-0.05, 0) is 43.3 Å². The summed E-state index contributed by atoms with van der Waals surface area (Å²) in [4.78, 5) is 34.7. The number of benzene rings is 2. The highest BCUT2D eigenvalue weighted by molar-refractivity contribution is 6.30. The summed E-state index contributed by atoms with van der Waals surface area (Å²) in [6, 6.07) is 13.9. The van der Waals surface area contributed by atoms with Gasteiger partial charge >= 0.3 is 0 Å². The number of nitro benzene ring substituents is 1. The Hall–Kier alpha value is -3.72. The van der Waals surface area contributed by atoms with Gasteiger partial charge in [-0.2, -0.15) is 5.10 Å². The summed E-state index contributed by atoms with van der Waals surface area (Å²) < 4.78 is 1.49. The topological polar surface area (TPSA) is 119 Å². The van der Waals surface area contributed by atoms with Crippen molar-refractivity contribution in [3.05, 3.63) is 81.0 Å². The molecule has 0 bridgehead atoms. The molecule has 0 fully saturated rings. The number of hydrogen-bond acceptors (Lipinski definition) is 5. The molecule has 2 aromatic carbocycles. The van der Waals surface area contributed by atoms with Gasteiger partial charge in [-0.3, -0.25) is 19.7 Å². The Kier molecular flexibility index (Phi) is 6.43. The van der Waals surface area contributed by atoms with Crippen molar-refractivity contribution in [1.29, 1.82) is 0 Å². The van der Waals surface area contributed by atoms with Crippen molar-refractivity contribution in [1.82, 2.24) is 15.1 Å². The molecular weight excluding hydrogens is 410 g/mol. The predicted octanol–water partition coefficient (Wildman–Crippen LogP) is 3.50. The van der Waals surface area contributed by atoms with Crippen molar-refractivity contribution in [2.24, 2.45) is 0 Å². The van der Waals surface area contributed by atoms with Gasteiger partial charge in [-0.1, -0.05) is 11.6 Å². The number of nitro groups is 1. The van der Waals surface area contributed by atoms with Crippen LogP contribution in [0.25, 0.3) is 5.69 Å². The highest BCUT2D eigenvalue weighted by Crippen LogP contribution is 2.20. The van der Waals surface area contributed by atoms with Crippen molar-refractivity contribution in [2.45, 2.75) is 13.3 Å². The van der Waals surface area contributed by atoms with Crippen molar-refractivity contribution < 1.29 is 14.5 Å². The standard InChI is InChI=1S/C20H18ClN5O4/c1-13-12-18(25(24-13)16-6-8-17(9-7-16)26(29)30)23-19(27)10-11-22-20(28)14-2-4-15(21)5-3-14/h2-9,12H,10-11H2,1H3,(H,22,28)(H,23,27). The Bertz CT molecular complexity index is 1080. The fourth-order valence-electron chi connectivity index (χ4n) is 2.70. The molecule has 0 atom stereocenters. The minimum atomic E-state index is -0.487. The van der Waals surface area contributed by atoms with E-state index in [0.29, 0.717) is 27.8 Å². The van der Waals surface area contributed by atoms with Gasteiger partial charge in [0.25, 0.3) is 11.6 Å². The van der Waals surface area contributed by atoms with Gasteiger partial charge in [0.05, 0.1) is 16.3 Å². The largest absolute Gasteiger partial charge is 0.352 e.